The van der Waals surface area contributed by atoms with E-state index in [0.29, 0.717) is 12.5 Å². The summed E-state index contributed by atoms with van der Waals surface area (Å²) in [6, 6.07) is 0. The van der Waals surface area contributed by atoms with Crippen molar-refractivity contribution in [2.75, 3.05) is 19.6 Å². The van der Waals surface area contributed by atoms with Crippen LogP contribution in [0.1, 0.15) is 65.2 Å². The van der Waals surface area contributed by atoms with E-state index in [-0.39, 0.29) is 11.3 Å². The van der Waals surface area contributed by atoms with Crippen molar-refractivity contribution >= 4 is 5.91 Å². The highest BCUT2D eigenvalue weighted by Crippen LogP contribution is 2.34. The lowest BCUT2D eigenvalue weighted by Gasteiger charge is -2.39. The molecule has 0 aromatic heterocycles. The lowest BCUT2D eigenvalue weighted by molar-refractivity contribution is -0.134. The summed E-state index contributed by atoms with van der Waals surface area (Å²) < 4.78 is 0. The second-order valence-corrected chi connectivity index (χ2v) is 7.40. The number of carbonyl (C=O) groups is 1. The Kier molecular flexibility index (Phi) is 5.67. The number of nitrogens with one attached hydrogen (secondary N) is 2. The van der Waals surface area contributed by atoms with E-state index in [1.807, 2.05) is 0 Å². The van der Waals surface area contributed by atoms with E-state index in [9.17, 15) is 9.90 Å². The third-order valence-corrected chi connectivity index (χ3v) is 5.47. The van der Waals surface area contributed by atoms with Gasteiger partial charge >= 0.3 is 0 Å². The van der Waals surface area contributed by atoms with Crippen molar-refractivity contribution in [2.24, 2.45) is 11.3 Å². The van der Waals surface area contributed by atoms with E-state index in [2.05, 4.69) is 24.5 Å². The Balaban J connectivity index is 1.90. The predicted molar refractivity (Wildman–Crippen MR) is 85.0 cm³/mol. The molecule has 1 aliphatic carbocycles. The molecule has 1 atom stereocenters. The maximum absolute atomic E-state index is 12.7. The van der Waals surface area contributed by atoms with E-state index in [4.69, 9.17) is 0 Å². The van der Waals surface area contributed by atoms with Crippen molar-refractivity contribution in [3.8, 4) is 0 Å². The molecule has 0 aromatic rings. The average molecular weight is 296 g/mol. The number of carbonyl (C=O) groups excluding carboxylic acids is 1. The highest BCUT2D eigenvalue weighted by atomic mass is 16.3. The molecule has 4 nitrogen and oxygen atoms in total. The molecule has 2 fully saturated rings. The summed E-state index contributed by atoms with van der Waals surface area (Å²) >= 11 is 0. The third kappa shape index (κ3) is 4.19. The quantitative estimate of drug-likeness (QED) is 0.729. The lowest BCUT2D eigenvalue weighted by atomic mass is 9.75. The minimum atomic E-state index is -0.683. The van der Waals surface area contributed by atoms with Gasteiger partial charge in [0, 0.05) is 13.1 Å². The van der Waals surface area contributed by atoms with Crippen LogP contribution in [0.25, 0.3) is 0 Å². The van der Waals surface area contributed by atoms with Crippen LogP contribution in [0.15, 0.2) is 0 Å². The molecular weight excluding hydrogens is 264 g/mol. The standard InChI is InChI=1S/C17H32N2O2/c1-3-7-16(8-4-11-18-12-16)15(20)19-13-17(21)9-5-14(2)6-10-17/h14,18,21H,3-13H2,1-2H3,(H,19,20). The summed E-state index contributed by atoms with van der Waals surface area (Å²) in [5.41, 5.74) is -0.941. The smallest absolute Gasteiger partial charge is 0.227 e. The largest absolute Gasteiger partial charge is 0.388 e. The fraction of sp³-hybridized carbons (Fsp3) is 0.941. The van der Waals surface area contributed by atoms with Crippen LogP contribution in [0.3, 0.4) is 0 Å². The van der Waals surface area contributed by atoms with Crippen molar-refractivity contribution in [2.45, 2.75) is 70.8 Å². The number of rotatable bonds is 5. The Labute approximate surface area is 129 Å². The number of hydrogen-bond acceptors (Lipinski definition) is 3. The van der Waals surface area contributed by atoms with Gasteiger partial charge in [-0.15, -0.1) is 0 Å². The zero-order chi connectivity index (χ0) is 15.3. The SMILES string of the molecule is CCCC1(C(=O)NCC2(O)CCC(C)CC2)CCCNC1. The summed E-state index contributed by atoms with van der Waals surface area (Å²) in [6.07, 6.45) is 7.74. The van der Waals surface area contributed by atoms with Crippen molar-refractivity contribution in [3.63, 3.8) is 0 Å². The van der Waals surface area contributed by atoms with Crippen molar-refractivity contribution < 1.29 is 9.90 Å². The molecular formula is C17H32N2O2. The minimum Gasteiger partial charge on any atom is -0.388 e. The molecule has 1 amide bonds. The second-order valence-electron chi connectivity index (χ2n) is 7.40. The zero-order valence-electron chi connectivity index (χ0n) is 13.7. The fourth-order valence-electron chi connectivity index (χ4n) is 3.88. The molecule has 0 bridgehead atoms. The van der Waals surface area contributed by atoms with E-state index >= 15 is 0 Å². The fourth-order valence-corrected chi connectivity index (χ4v) is 3.88. The van der Waals surface area contributed by atoms with E-state index in [1.165, 1.54) is 0 Å². The van der Waals surface area contributed by atoms with Gasteiger partial charge in [-0.3, -0.25) is 4.79 Å². The van der Waals surface area contributed by atoms with Crippen LogP contribution in [0, 0.1) is 11.3 Å². The van der Waals surface area contributed by atoms with Gasteiger partial charge in [0.05, 0.1) is 11.0 Å². The molecule has 0 aromatic carbocycles. The van der Waals surface area contributed by atoms with Gasteiger partial charge in [0.1, 0.15) is 0 Å². The molecule has 1 saturated heterocycles. The van der Waals surface area contributed by atoms with Crippen LogP contribution in [0.2, 0.25) is 0 Å². The van der Waals surface area contributed by atoms with Crippen LogP contribution in [-0.4, -0.2) is 36.2 Å². The molecule has 3 N–H and O–H groups in total. The predicted octanol–water partition coefficient (Wildman–Crippen LogP) is 2.21. The van der Waals surface area contributed by atoms with Crippen LogP contribution < -0.4 is 10.6 Å². The number of piperidine rings is 1. The molecule has 1 heterocycles. The molecule has 0 spiro atoms. The van der Waals surface area contributed by atoms with Crippen LogP contribution in [0.5, 0.6) is 0 Å². The van der Waals surface area contributed by atoms with Crippen LogP contribution in [-0.2, 0) is 4.79 Å². The monoisotopic (exact) mass is 296 g/mol. The Morgan fingerprint density at radius 1 is 1.33 bits per heavy atom. The van der Waals surface area contributed by atoms with Crippen LogP contribution >= 0.6 is 0 Å². The summed E-state index contributed by atoms with van der Waals surface area (Å²) in [4.78, 5) is 12.7. The van der Waals surface area contributed by atoms with Gasteiger partial charge in [0.15, 0.2) is 0 Å². The molecule has 4 heteroatoms. The van der Waals surface area contributed by atoms with Gasteiger partial charge in [-0.25, -0.2) is 0 Å². The third-order valence-electron chi connectivity index (χ3n) is 5.47. The minimum absolute atomic E-state index is 0.142. The zero-order valence-corrected chi connectivity index (χ0v) is 13.7. The molecule has 1 saturated carbocycles. The molecule has 122 valence electrons. The summed E-state index contributed by atoms with van der Waals surface area (Å²) in [7, 11) is 0. The second kappa shape index (κ2) is 7.10. The molecule has 21 heavy (non-hydrogen) atoms. The maximum Gasteiger partial charge on any atom is 0.227 e. The van der Waals surface area contributed by atoms with E-state index in [0.717, 1.165) is 64.5 Å². The van der Waals surface area contributed by atoms with Gasteiger partial charge < -0.3 is 15.7 Å². The topological polar surface area (TPSA) is 61.4 Å². The first-order valence-corrected chi connectivity index (χ1v) is 8.71. The van der Waals surface area contributed by atoms with Crippen molar-refractivity contribution in [1.82, 2.24) is 10.6 Å². The first-order chi connectivity index (χ1) is 10.00. The lowest BCUT2D eigenvalue weighted by Crippen LogP contribution is -2.54. The number of aliphatic hydroxyl groups is 1. The Hall–Kier alpha value is -0.610. The van der Waals surface area contributed by atoms with Crippen LogP contribution in [0.4, 0.5) is 0 Å². The van der Waals surface area contributed by atoms with Gasteiger partial charge in [0.25, 0.3) is 0 Å². The van der Waals surface area contributed by atoms with Crippen molar-refractivity contribution in [3.05, 3.63) is 0 Å². The van der Waals surface area contributed by atoms with Gasteiger partial charge in [-0.1, -0.05) is 20.3 Å². The average Bonchev–Trinajstić information content (AvgIpc) is 2.49. The summed E-state index contributed by atoms with van der Waals surface area (Å²) in [6.45, 7) is 6.59. The van der Waals surface area contributed by atoms with Gasteiger partial charge in [-0.2, -0.15) is 0 Å². The van der Waals surface area contributed by atoms with Gasteiger partial charge in [0.2, 0.25) is 5.91 Å². The highest BCUT2D eigenvalue weighted by Gasteiger charge is 2.40. The van der Waals surface area contributed by atoms with Crippen molar-refractivity contribution in [1.29, 1.82) is 0 Å². The molecule has 2 aliphatic rings. The Morgan fingerprint density at radius 3 is 2.62 bits per heavy atom. The van der Waals surface area contributed by atoms with E-state index in [1.54, 1.807) is 0 Å². The first-order valence-electron chi connectivity index (χ1n) is 8.71. The molecule has 0 radical (unpaired) electrons. The molecule has 2 rings (SSSR count). The summed E-state index contributed by atoms with van der Waals surface area (Å²) in [5, 5.41) is 17.1. The molecule has 1 aliphatic heterocycles. The highest BCUT2D eigenvalue weighted by molar-refractivity contribution is 5.83. The normalized spacial score (nSPS) is 37.2. The summed E-state index contributed by atoms with van der Waals surface area (Å²) in [5.74, 6) is 0.846. The number of amides is 1. The number of hydrogen-bond donors (Lipinski definition) is 3. The van der Waals surface area contributed by atoms with E-state index < -0.39 is 5.60 Å². The van der Waals surface area contributed by atoms with Gasteiger partial charge in [-0.05, 0) is 57.4 Å². The molecule has 1 unspecified atom stereocenters. The Bertz CT molecular complexity index is 337. The first kappa shape index (κ1) is 16.8. The maximum atomic E-state index is 12.7. The Morgan fingerprint density at radius 2 is 2.05 bits per heavy atom.